The molecule has 3 fully saturated rings. The number of piperidine rings is 2. The summed E-state index contributed by atoms with van der Waals surface area (Å²) in [5.74, 6) is 0.765. The van der Waals surface area contributed by atoms with E-state index in [-0.39, 0.29) is 24.2 Å². The molecule has 2 heterocycles. The smallest absolute Gasteiger partial charge is 0.302 e. The van der Waals surface area contributed by atoms with Crippen molar-refractivity contribution >= 4 is 5.97 Å². The van der Waals surface area contributed by atoms with Gasteiger partial charge in [0.2, 0.25) is 0 Å². The Morgan fingerprint density at radius 3 is 2.77 bits per heavy atom. The number of hydrogen-bond acceptors (Lipinski definition) is 4. The van der Waals surface area contributed by atoms with E-state index >= 15 is 0 Å². The summed E-state index contributed by atoms with van der Waals surface area (Å²) in [4.78, 5) is 11.2. The van der Waals surface area contributed by atoms with E-state index in [1.807, 2.05) is 25.1 Å². The molecule has 22 heavy (non-hydrogen) atoms. The van der Waals surface area contributed by atoms with Crippen molar-refractivity contribution in [2.24, 2.45) is 11.8 Å². The lowest BCUT2D eigenvalue weighted by Gasteiger charge is -2.49. The van der Waals surface area contributed by atoms with Crippen LogP contribution in [0.1, 0.15) is 32.3 Å². The molecule has 1 N–H and O–H groups in total. The third-order valence-corrected chi connectivity index (χ3v) is 4.94. The molecule has 1 aromatic rings. The summed E-state index contributed by atoms with van der Waals surface area (Å²) in [5.41, 5.74) is 1.20. The Labute approximate surface area is 132 Å². The van der Waals surface area contributed by atoms with Crippen molar-refractivity contribution in [1.82, 2.24) is 5.32 Å². The van der Waals surface area contributed by atoms with Crippen molar-refractivity contribution in [1.29, 1.82) is 0 Å². The largest absolute Gasteiger partial charge is 0.462 e. The molecule has 0 radical (unpaired) electrons. The fraction of sp³-hybridized carbons (Fsp3) is 0.611. The lowest BCUT2D eigenvalue weighted by molar-refractivity contribution is -0.154. The first-order chi connectivity index (χ1) is 10.6. The van der Waals surface area contributed by atoms with Gasteiger partial charge in [0.1, 0.15) is 6.10 Å². The van der Waals surface area contributed by atoms with Crippen LogP contribution in [-0.2, 0) is 20.9 Å². The molecule has 0 spiro atoms. The van der Waals surface area contributed by atoms with Crippen LogP contribution >= 0.6 is 0 Å². The number of nitrogens with one attached hydrogen (secondary N) is 1. The molecule has 1 saturated carbocycles. The fourth-order valence-electron chi connectivity index (χ4n) is 3.91. The summed E-state index contributed by atoms with van der Waals surface area (Å²) in [6.07, 6.45) is 2.38. The van der Waals surface area contributed by atoms with Crippen molar-refractivity contribution < 1.29 is 14.3 Å². The highest BCUT2D eigenvalue weighted by atomic mass is 16.5. The van der Waals surface area contributed by atoms with Gasteiger partial charge in [-0.3, -0.25) is 4.79 Å². The lowest BCUT2D eigenvalue weighted by Crippen LogP contribution is -2.61. The number of esters is 1. The Morgan fingerprint density at radius 2 is 2.09 bits per heavy atom. The van der Waals surface area contributed by atoms with Crippen LogP contribution in [0, 0.1) is 11.8 Å². The molecule has 3 aliphatic rings. The molecule has 0 aromatic heterocycles. The van der Waals surface area contributed by atoms with E-state index in [4.69, 9.17) is 9.47 Å². The summed E-state index contributed by atoms with van der Waals surface area (Å²) < 4.78 is 11.6. The van der Waals surface area contributed by atoms with E-state index in [0.29, 0.717) is 18.4 Å². The molecule has 4 rings (SSSR count). The van der Waals surface area contributed by atoms with Gasteiger partial charge >= 0.3 is 5.97 Å². The molecular weight excluding hydrogens is 278 g/mol. The molecule has 1 aromatic carbocycles. The molecule has 5 atom stereocenters. The van der Waals surface area contributed by atoms with Crippen molar-refractivity contribution in [3.8, 4) is 0 Å². The van der Waals surface area contributed by atoms with Crippen LogP contribution < -0.4 is 5.32 Å². The van der Waals surface area contributed by atoms with Gasteiger partial charge in [-0.1, -0.05) is 30.3 Å². The lowest BCUT2D eigenvalue weighted by atomic mass is 9.70. The molecule has 4 heteroatoms. The fourth-order valence-corrected chi connectivity index (χ4v) is 3.91. The van der Waals surface area contributed by atoms with Crippen LogP contribution in [-0.4, -0.2) is 30.8 Å². The number of ether oxygens (including phenoxy) is 2. The molecule has 2 aliphatic heterocycles. The van der Waals surface area contributed by atoms with Crippen LogP contribution in [0.25, 0.3) is 0 Å². The zero-order valence-electron chi connectivity index (χ0n) is 13.3. The van der Waals surface area contributed by atoms with E-state index < -0.39 is 0 Å². The van der Waals surface area contributed by atoms with Gasteiger partial charge < -0.3 is 14.8 Å². The van der Waals surface area contributed by atoms with Crippen LogP contribution in [0.4, 0.5) is 0 Å². The van der Waals surface area contributed by atoms with Gasteiger partial charge in [-0.2, -0.15) is 0 Å². The van der Waals surface area contributed by atoms with E-state index in [9.17, 15) is 4.79 Å². The van der Waals surface area contributed by atoms with Gasteiger partial charge in [-0.05, 0) is 37.8 Å². The second-order valence-corrected chi connectivity index (χ2v) is 6.58. The van der Waals surface area contributed by atoms with Gasteiger partial charge in [-0.25, -0.2) is 0 Å². The predicted molar refractivity (Wildman–Crippen MR) is 84.3 cm³/mol. The van der Waals surface area contributed by atoms with Crippen LogP contribution in [0.5, 0.6) is 0 Å². The molecule has 0 amide bonds. The third-order valence-electron chi connectivity index (χ3n) is 4.94. The Morgan fingerprint density at radius 1 is 1.32 bits per heavy atom. The molecule has 1 aliphatic carbocycles. The maximum Gasteiger partial charge on any atom is 0.302 e. The van der Waals surface area contributed by atoms with Crippen LogP contribution in [0.2, 0.25) is 0 Å². The minimum atomic E-state index is -0.198. The summed E-state index contributed by atoms with van der Waals surface area (Å²) in [5, 5.41) is 3.59. The topological polar surface area (TPSA) is 47.6 Å². The molecule has 2 bridgehead atoms. The summed E-state index contributed by atoms with van der Waals surface area (Å²) in [6, 6.07) is 10.6. The number of carbonyl (C=O) groups is 1. The summed E-state index contributed by atoms with van der Waals surface area (Å²) >= 11 is 0. The van der Waals surface area contributed by atoms with Crippen LogP contribution in [0.3, 0.4) is 0 Å². The van der Waals surface area contributed by atoms with Crippen molar-refractivity contribution in [3.63, 3.8) is 0 Å². The number of fused-ring (bicyclic) bond motifs is 3. The number of hydrogen-bond donors (Lipinski definition) is 1. The van der Waals surface area contributed by atoms with Gasteiger partial charge in [0, 0.05) is 18.9 Å². The Hall–Kier alpha value is -1.39. The zero-order valence-corrected chi connectivity index (χ0v) is 13.3. The van der Waals surface area contributed by atoms with Gasteiger partial charge in [-0.15, -0.1) is 0 Å². The van der Waals surface area contributed by atoms with E-state index in [1.54, 1.807) is 0 Å². The van der Waals surface area contributed by atoms with E-state index in [0.717, 1.165) is 19.4 Å². The summed E-state index contributed by atoms with van der Waals surface area (Å²) in [6.45, 7) is 5.18. The van der Waals surface area contributed by atoms with Gasteiger partial charge in [0.05, 0.1) is 12.7 Å². The third kappa shape index (κ3) is 3.50. The molecule has 2 saturated heterocycles. The SMILES string of the molecule is CC(=O)O[C@H](C)[C@H]1CC2CN[C@@H]1[C@@H](OCc1ccccc1)C2. The summed E-state index contributed by atoms with van der Waals surface area (Å²) in [7, 11) is 0. The molecule has 120 valence electrons. The number of benzene rings is 1. The van der Waals surface area contributed by atoms with Gasteiger partial charge in [0.25, 0.3) is 0 Å². The Bertz CT molecular complexity index is 504. The Kier molecular flexibility index (Phi) is 4.79. The van der Waals surface area contributed by atoms with Gasteiger partial charge in [0.15, 0.2) is 0 Å². The molecule has 1 unspecified atom stereocenters. The average molecular weight is 303 g/mol. The van der Waals surface area contributed by atoms with Crippen molar-refractivity contribution in [2.45, 2.75) is 51.5 Å². The maximum atomic E-state index is 11.2. The molecular formula is C18H25NO3. The Balaban J connectivity index is 1.61. The van der Waals surface area contributed by atoms with E-state index in [1.165, 1.54) is 12.5 Å². The molecule has 4 nitrogen and oxygen atoms in total. The maximum absolute atomic E-state index is 11.2. The first-order valence-corrected chi connectivity index (χ1v) is 8.19. The second kappa shape index (κ2) is 6.80. The minimum Gasteiger partial charge on any atom is -0.462 e. The highest BCUT2D eigenvalue weighted by molar-refractivity contribution is 5.66. The quantitative estimate of drug-likeness (QED) is 0.849. The first-order valence-electron chi connectivity index (χ1n) is 8.19. The van der Waals surface area contributed by atoms with E-state index in [2.05, 4.69) is 17.4 Å². The number of carbonyl (C=O) groups excluding carboxylic acids is 1. The average Bonchev–Trinajstić information content (AvgIpc) is 2.53. The predicted octanol–water partition coefficient (Wildman–Crippen LogP) is 2.52. The highest BCUT2D eigenvalue weighted by Crippen LogP contribution is 2.38. The van der Waals surface area contributed by atoms with Crippen LogP contribution in [0.15, 0.2) is 30.3 Å². The first kappa shape index (κ1) is 15.5. The highest BCUT2D eigenvalue weighted by Gasteiger charge is 2.45. The monoisotopic (exact) mass is 303 g/mol. The zero-order chi connectivity index (χ0) is 15.5. The minimum absolute atomic E-state index is 0.0547. The number of rotatable bonds is 5. The van der Waals surface area contributed by atoms with Crippen molar-refractivity contribution in [2.75, 3.05) is 6.54 Å². The normalized spacial score (nSPS) is 31.7. The standard InChI is InChI=1S/C18H25NO3/c1-12(22-13(2)20)16-8-15-9-17(18(16)19-10-15)21-11-14-6-4-3-5-7-14/h3-7,12,15-19H,8-11H2,1-2H3/t12-,15?,16-,17+,18+/m1/s1. The van der Waals surface area contributed by atoms with Crippen molar-refractivity contribution in [3.05, 3.63) is 35.9 Å². The second-order valence-electron chi connectivity index (χ2n) is 6.58.